The number of nitrogens with zero attached hydrogens (tertiary/aromatic N) is 2. The molecule has 3 aromatic rings. The number of aromatic nitrogens is 2. The van der Waals surface area contributed by atoms with Crippen molar-refractivity contribution in [2.45, 2.75) is 122 Å². The Labute approximate surface area is 242 Å². The smallest absolute Gasteiger partial charge is 0.303 e. The van der Waals surface area contributed by atoms with E-state index in [4.69, 9.17) is 5.11 Å². The first-order valence-electron chi connectivity index (χ1n) is 15.8. The zero-order valence-electron chi connectivity index (χ0n) is 24.9. The fraction of sp³-hybridized carbons (Fsp3) is 0.528. The van der Waals surface area contributed by atoms with Gasteiger partial charge in [0.15, 0.2) is 5.82 Å². The van der Waals surface area contributed by atoms with Gasteiger partial charge >= 0.3 is 5.97 Å². The van der Waals surface area contributed by atoms with E-state index in [0.717, 1.165) is 36.6 Å². The number of carboxylic acids is 1. The van der Waals surface area contributed by atoms with Crippen LogP contribution in [0.1, 0.15) is 127 Å². The van der Waals surface area contributed by atoms with Crippen LogP contribution in [0.2, 0.25) is 0 Å². The molecule has 1 aliphatic carbocycles. The fourth-order valence-corrected chi connectivity index (χ4v) is 5.46. The summed E-state index contributed by atoms with van der Waals surface area (Å²) < 4.78 is 0. The highest BCUT2D eigenvalue weighted by Crippen LogP contribution is 2.35. The molecule has 1 heterocycles. The number of unbranched alkanes of at least 4 members (excludes halogenated alkanes) is 8. The molecule has 40 heavy (non-hydrogen) atoms. The van der Waals surface area contributed by atoms with Gasteiger partial charge in [-0.3, -0.25) is 4.79 Å². The number of carbonyl (C=O) groups is 1. The fourth-order valence-electron chi connectivity index (χ4n) is 5.46. The van der Waals surface area contributed by atoms with Crippen molar-refractivity contribution in [1.82, 2.24) is 9.97 Å². The predicted octanol–water partition coefficient (Wildman–Crippen LogP) is 10.4. The minimum atomic E-state index is -0.666. The van der Waals surface area contributed by atoms with Crippen LogP contribution in [0.25, 0.3) is 22.5 Å². The molecule has 4 rings (SSSR count). The van der Waals surface area contributed by atoms with E-state index in [1.54, 1.807) is 0 Å². The minimum absolute atomic E-state index is 0.339. The summed E-state index contributed by atoms with van der Waals surface area (Å²) in [4.78, 5) is 19.3. The molecule has 1 saturated carbocycles. The number of hydrogen-bond acceptors (Lipinski definition) is 3. The SMILES string of the molecule is CCCCCCCCC(=O)O.CCCCCCc1cnc(-c2ccc(-c3ccc(C4CCCC4)cc3)cc2)nc1. The molecule has 1 N–H and O–H groups in total. The molecule has 1 aromatic heterocycles. The second kappa shape index (κ2) is 18.4. The van der Waals surface area contributed by atoms with Crippen LogP contribution in [-0.2, 0) is 11.2 Å². The van der Waals surface area contributed by atoms with Crippen molar-refractivity contribution >= 4 is 5.97 Å². The van der Waals surface area contributed by atoms with Gasteiger partial charge in [-0.25, -0.2) is 9.97 Å². The molecule has 0 saturated heterocycles. The van der Waals surface area contributed by atoms with Crippen molar-refractivity contribution in [3.05, 3.63) is 72.1 Å². The maximum atomic E-state index is 10.1. The van der Waals surface area contributed by atoms with Crippen LogP contribution >= 0.6 is 0 Å². The third kappa shape index (κ3) is 11.2. The van der Waals surface area contributed by atoms with Gasteiger partial charge in [-0.1, -0.05) is 127 Å². The number of hydrogen-bond donors (Lipinski definition) is 1. The summed E-state index contributed by atoms with van der Waals surface area (Å²) in [6.45, 7) is 4.42. The number of aliphatic carboxylic acids is 1. The van der Waals surface area contributed by atoms with Crippen molar-refractivity contribution in [2.75, 3.05) is 0 Å². The standard InChI is InChI=1S/C27H32N2.C9H18O2/c1-2-3-4-5-8-21-19-28-27(29-20-21)26-17-15-25(16-18-26)24-13-11-23(12-14-24)22-9-6-7-10-22;1-2-3-4-5-6-7-8-9(10)11/h11-20,22H,2-10H2,1H3;2-8H2,1H3,(H,10,11). The molecular weight excluding hydrogens is 492 g/mol. The minimum Gasteiger partial charge on any atom is -0.481 e. The first-order valence-corrected chi connectivity index (χ1v) is 15.8. The molecule has 4 nitrogen and oxygen atoms in total. The molecule has 0 atom stereocenters. The topological polar surface area (TPSA) is 63.1 Å². The van der Waals surface area contributed by atoms with Gasteiger partial charge in [0.25, 0.3) is 0 Å². The first kappa shape index (κ1) is 31.5. The average molecular weight is 543 g/mol. The van der Waals surface area contributed by atoms with Crippen LogP contribution in [0, 0.1) is 0 Å². The Hall–Kier alpha value is -3.01. The van der Waals surface area contributed by atoms with Crippen molar-refractivity contribution < 1.29 is 9.90 Å². The Morgan fingerprint density at radius 2 is 1.20 bits per heavy atom. The van der Waals surface area contributed by atoms with Gasteiger partial charge in [-0.2, -0.15) is 0 Å². The Bertz CT molecular complexity index is 1090. The van der Waals surface area contributed by atoms with Crippen molar-refractivity contribution in [3.8, 4) is 22.5 Å². The van der Waals surface area contributed by atoms with Gasteiger partial charge in [0.1, 0.15) is 0 Å². The molecule has 0 bridgehead atoms. The van der Waals surface area contributed by atoms with E-state index in [1.165, 1.54) is 99.3 Å². The van der Waals surface area contributed by atoms with Crippen LogP contribution in [0.15, 0.2) is 60.9 Å². The Morgan fingerprint density at radius 1 is 0.700 bits per heavy atom. The second-order valence-electron chi connectivity index (χ2n) is 11.3. The van der Waals surface area contributed by atoms with Crippen LogP contribution in [0.4, 0.5) is 0 Å². The van der Waals surface area contributed by atoms with Crippen molar-refractivity contribution in [2.24, 2.45) is 0 Å². The Balaban J connectivity index is 0.000000342. The van der Waals surface area contributed by atoms with Crippen LogP contribution in [-0.4, -0.2) is 21.0 Å². The molecule has 1 fully saturated rings. The summed E-state index contributed by atoms with van der Waals surface area (Å²) in [6, 6.07) is 17.8. The molecule has 0 spiro atoms. The van der Waals surface area contributed by atoms with Crippen LogP contribution < -0.4 is 0 Å². The largest absolute Gasteiger partial charge is 0.481 e. The Kier molecular flexibility index (Phi) is 14.5. The van der Waals surface area contributed by atoms with Gasteiger partial charge in [-0.05, 0) is 60.3 Å². The normalized spacial score (nSPS) is 13.2. The van der Waals surface area contributed by atoms with E-state index in [2.05, 4.69) is 72.3 Å². The summed E-state index contributed by atoms with van der Waals surface area (Å²) in [6.07, 6.45) is 22.9. The van der Waals surface area contributed by atoms with Gasteiger partial charge in [0, 0.05) is 24.4 Å². The highest BCUT2D eigenvalue weighted by Gasteiger charge is 2.16. The van der Waals surface area contributed by atoms with E-state index in [1.807, 2.05) is 12.4 Å². The zero-order chi connectivity index (χ0) is 28.4. The zero-order valence-corrected chi connectivity index (χ0v) is 24.9. The lowest BCUT2D eigenvalue weighted by molar-refractivity contribution is -0.137. The summed E-state index contributed by atoms with van der Waals surface area (Å²) >= 11 is 0. The third-order valence-electron chi connectivity index (χ3n) is 7.98. The average Bonchev–Trinajstić information content (AvgIpc) is 3.53. The van der Waals surface area contributed by atoms with Crippen LogP contribution in [0.5, 0.6) is 0 Å². The monoisotopic (exact) mass is 542 g/mol. The summed E-state index contributed by atoms with van der Waals surface area (Å²) in [5.74, 6) is 0.920. The molecule has 1 aliphatic rings. The predicted molar refractivity (Wildman–Crippen MR) is 168 cm³/mol. The quantitative estimate of drug-likeness (QED) is 0.194. The third-order valence-corrected chi connectivity index (χ3v) is 7.98. The van der Waals surface area contributed by atoms with Crippen LogP contribution in [0.3, 0.4) is 0 Å². The number of rotatable bonds is 15. The molecular formula is C36H50N2O2. The molecule has 0 unspecified atom stereocenters. The van der Waals surface area contributed by atoms with E-state index in [0.29, 0.717) is 6.42 Å². The number of aryl methyl sites for hydroxylation is 1. The van der Waals surface area contributed by atoms with E-state index < -0.39 is 5.97 Å². The van der Waals surface area contributed by atoms with Gasteiger partial charge < -0.3 is 5.11 Å². The van der Waals surface area contributed by atoms with E-state index in [-0.39, 0.29) is 0 Å². The lowest BCUT2D eigenvalue weighted by Gasteiger charge is -2.10. The lowest BCUT2D eigenvalue weighted by atomic mass is 9.95. The number of carboxylic acid groups (broad SMARTS) is 1. The Morgan fingerprint density at radius 3 is 1.77 bits per heavy atom. The van der Waals surface area contributed by atoms with Gasteiger partial charge in [-0.15, -0.1) is 0 Å². The second-order valence-corrected chi connectivity index (χ2v) is 11.3. The van der Waals surface area contributed by atoms with E-state index >= 15 is 0 Å². The molecule has 216 valence electrons. The molecule has 0 radical (unpaired) electrons. The highest BCUT2D eigenvalue weighted by molar-refractivity contribution is 5.68. The van der Waals surface area contributed by atoms with Gasteiger partial charge in [0.05, 0.1) is 0 Å². The molecule has 2 aromatic carbocycles. The summed E-state index contributed by atoms with van der Waals surface area (Å²) in [5, 5.41) is 8.32. The van der Waals surface area contributed by atoms with E-state index in [9.17, 15) is 4.79 Å². The maximum Gasteiger partial charge on any atom is 0.303 e. The molecule has 4 heteroatoms. The summed E-state index contributed by atoms with van der Waals surface area (Å²) in [7, 11) is 0. The number of benzene rings is 2. The van der Waals surface area contributed by atoms with Crippen molar-refractivity contribution in [1.29, 1.82) is 0 Å². The highest BCUT2D eigenvalue weighted by atomic mass is 16.4. The van der Waals surface area contributed by atoms with Crippen molar-refractivity contribution in [3.63, 3.8) is 0 Å². The maximum absolute atomic E-state index is 10.1. The first-order chi connectivity index (χ1) is 19.6. The summed E-state index contributed by atoms with van der Waals surface area (Å²) in [5.41, 5.74) is 6.35. The molecule has 0 aliphatic heterocycles. The molecule has 0 amide bonds. The van der Waals surface area contributed by atoms with Gasteiger partial charge in [0.2, 0.25) is 0 Å². The lowest BCUT2D eigenvalue weighted by Crippen LogP contribution is -1.93.